The zero-order chi connectivity index (χ0) is 16.2. The van der Waals surface area contributed by atoms with E-state index in [4.69, 9.17) is 16.3 Å². The number of amides is 1. The van der Waals surface area contributed by atoms with Crippen LogP contribution >= 0.6 is 11.6 Å². The van der Waals surface area contributed by atoms with Crippen molar-refractivity contribution in [2.24, 2.45) is 0 Å². The van der Waals surface area contributed by atoms with Crippen LogP contribution in [-0.2, 0) is 4.74 Å². The largest absolute Gasteiger partial charge is 0.444 e. The van der Waals surface area contributed by atoms with Crippen LogP contribution in [0.5, 0.6) is 0 Å². The fourth-order valence-electron chi connectivity index (χ4n) is 1.96. The number of carbonyl (C=O) groups excluding carboxylic acids is 1. The highest BCUT2D eigenvalue weighted by Crippen LogP contribution is 2.27. The van der Waals surface area contributed by atoms with Crippen molar-refractivity contribution in [3.63, 3.8) is 0 Å². The fraction of sp³-hybridized carbons (Fsp3) is 0.375. The number of anilines is 1. The molecule has 0 saturated heterocycles. The number of nitrogens with zero attached hydrogens (tertiary/aromatic N) is 1. The maximum absolute atomic E-state index is 11.5. The van der Waals surface area contributed by atoms with Crippen molar-refractivity contribution in [2.75, 3.05) is 18.4 Å². The monoisotopic (exact) mass is 321 g/mol. The Hall–Kier alpha value is -2.01. The number of carbonyl (C=O) groups is 1. The summed E-state index contributed by atoms with van der Waals surface area (Å²) in [6.07, 6.45) is 1.30. The molecule has 0 atom stereocenters. The molecule has 2 N–H and O–H groups in total. The molecule has 22 heavy (non-hydrogen) atoms. The molecule has 0 radical (unpaired) electrons. The van der Waals surface area contributed by atoms with Crippen molar-refractivity contribution in [1.82, 2.24) is 10.3 Å². The number of hydrogen-bond acceptors (Lipinski definition) is 4. The molecule has 0 aliphatic rings. The van der Waals surface area contributed by atoms with Crippen molar-refractivity contribution in [3.8, 4) is 0 Å². The van der Waals surface area contributed by atoms with E-state index in [0.29, 0.717) is 18.1 Å². The lowest BCUT2D eigenvalue weighted by atomic mass is 10.2. The first-order chi connectivity index (χ1) is 10.4. The predicted octanol–water partition coefficient (Wildman–Crippen LogP) is 3.82. The summed E-state index contributed by atoms with van der Waals surface area (Å²) in [7, 11) is 0. The number of alkyl carbamates (subject to hydrolysis) is 1. The highest BCUT2D eigenvalue weighted by Gasteiger charge is 2.15. The van der Waals surface area contributed by atoms with E-state index >= 15 is 0 Å². The zero-order valence-corrected chi connectivity index (χ0v) is 13.7. The van der Waals surface area contributed by atoms with Crippen LogP contribution < -0.4 is 10.6 Å². The number of hydrogen-bond donors (Lipinski definition) is 2. The summed E-state index contributed by atoms with van der Waals surface area (Å²) < 4.78 is 5.17. The molecule has 1 heterocycles. The number of nitrogens with one attached hydrogen (secondary N) is 2. The molecular weight excluding hydrogens is 302 g/mol. The molecule has 1 amide bonds. The zero-order valence-electron chi connectivity index (χ0n) is 12.9. The Labute approximate surface area is 135 Å². The maximum atomic E-state index is 11.5. The average molecular weight is 322 g/mol. The standard InChI is InChI=1S/C16H20ClN3O2/c1-16(2,3)22-15(21)20-10-9-18-13-7-6-12(17)11-5-4-8-19-14(11)13/h4-8,18H,9-10H2,1-3H3,(H,20,21). The normalized spacial score (nSPS) is 11.3. The second-order valence-corrected chi connectivity index (χ2v) is 6.26. The Morgan fingerprint density at radius 2 is 2.05 bits per heavy atom. The minimum absolute atomic E-state index is 0.423. The van der Waals surface area contributed by atoms with Crippen LogP contribution in [0.2, 0.25) is 5.02 Å². The van der Waals surface area contributed by atoms with Crippen LogP contribution in [0.1, 0.15) is 20.8 Å². The SMILES string of the molecule is CC(C)(C)OC(=O)NCCNc1ccc(Cl)c2cccnc12. The first-order valence-corrected chi connectivity index (χ1v) is 7.48. The van der Waals surface area contributed by atoms with E-state index in [1.165, 1.54) is 0 Å². The summed E-state index contributed by atoms with van der Waals surface area (Å²) in [6, 6.07) is 7.48. The minimum Gasteiger partial charge on any atom is -0.444 e. The smallest absolute Gasteiger partial charge is 0.407 e. The van der Waals surface area contributed by atoms with Crippen molar-refractivity contribution >= 4 is 34.3 Å². The molecule has 5 nitrogen and oxygen atoms in total. The number of aromatic nitrogens is 1. The number of benzene rings is 1. The van der Waals surface area contributed by atoms with Crippen LogP contribution in [0.25, 0.3) is 10.9 Å². The van der Waals surface area contributed by atoms with Gasteiger partial charge in [-0.3, -0.25) is 4.98 Å². The predicted molar refractivity (Wildman–Crippen MR) is 89.5 cm³/mol. The Kier molecular flexibility index (Phi) is 5.08. The van der Waals surface area contributed by atoms with E-state index < -0.39 is 11.7 Å². The summed E-state index contributed by atoms with van der Waals surface area (Å²) in [5, 5.41) is 7.51. The van der Waals surface area contributed by atoms with Gasteiger partial charge in [-0.15, -0.1) is 0 Å². The van der Waals surface area contributed by atoms with Crippen LogP contribution in [0, 0.1) is 0 Å². The van der Waals surface area contributed by atoms with Crippen molar-refractivity contribution < 1.29 is 9.53 Å². The van der Waals surface area contributed by atoms with E-state index in [2.05, 4.69) is 15.6 Å². The van der Waals surface area contributed by atoms with Crippen LogP contribution in [0.4, 0.5) is 10.5 Å². The van der Waals surface area contributed by atoms with E-state index in [9.17, 15) is 4.79 Å². The molecule has 0 fully saturated rings. The lowest BCUT2D eigenvalue weighted by molar-refractivity contribution is 0.0530. The molecule has 1 aromatic heterocycles. The molecule has 0 aliphatic carbocycles. The van der Waals surface area contributed by atoms with Gasteiger partial charge in [0, 0.05) is 24.7 Å². The molecule has 0 bridgehead atoms. The molecule has 0 spiro atoms. The first-order valence-electron chi connectivity index (χ1n) is 7.11. The van der Waals surface area contributed by atoms with E-state index in [0.717, 1.165) is 16.6 Å². The van der Waals surface area contributed by atoms with Crippen LogP contribution in [0.3, 0.4) is 0 Å². The topological polar surface area (TPSA) is 63.2 Å². The van der Waals surface area contributed by atoms with Gasteiger partial charge in [-0.2, -0.15) is 0 Å². The van der Waals surface area contributed by atoms with E-state index in [1.54, 1.807) is 6.20 Å². The minimum atomic E-state index is -0.492. The summed E-state index contributed by atoms with van der Waals surface area (Å²) >= 11 is 6.15. The Morgan fingerprint density at radius 1 is 1.27 bits per heavy atom. The number of ether oxygens (including phenoxy) is 1. The number of halogens is 1. The third-order valence-electron chi connectivity index (χ3n) is 2.83. The van der Waals surface area contributed by atoms with Gasteiger partial charge in [-0.05, 0) is 45.0 Å². The second-order valence-electron chi connectivity index (χ2n) is 5.85. The molecule has 1 aromatic carbocycles. The summed E-state index contributed by atoms with van der Waals surface area (Å²) in [5.41, 5.74) is 1.20. The lowest BCUT2D eigenvalue weighted by Crippen LogP contribution is -2.35. The van der Waals surface area contributed by atoms with E-state index in [-0.39, 0.29) is 0 Å². The van der Waals surface area contributed by atoms with Crippen molar-refractivity contribution in [2.45, 2.75) is 26.4 Å². The van der Waals surface area contributed by atoms with Gasteiger partial charge in [0.15, 0.2) is 0 Å². The molecule has 2 aromatic rings. The Morgan fingerprint density at radius 3 is 2.77 bits per heavy atom. The van der Waals surface area contributed by atoms with E-state index in [1.807, 2.05) is 45.0 Å². The quantitative estimate of drug-likeness (QED) is 0.840. The van der Waals surface area contributed by atoms with Crippen molar-refractivity contribution in [3.05, 3.63) is 35.5 Å². The highest BCUT2D eigenvalue weighted by molar-refractivity contribution is 6.35. The fourth-order valence-corrected chi connectivity index (χ4v) is 2.17. The Bertz CT molecular complexity index is 668. The van der Waals surface area contributed by atoms with Gasteiger partial charge in [0.1, 0.15) is 5.60 Å². The Balaban J connectivity index is 1.91. The highest BCUT2D eigenvalue weighted by atomic mass is 35.5. The molecule has 0 aliphatic heterocycles. The number of rotatable bonds is 4. The molecule has 118 valence electrons. The van der Waals surface area contributed by atoms with Gasteiger partial charge in [-0.1, -0.05) is 11.6 Å². The maximum Gasteiger partial charge on any atom is 0.407 e. The van der Waals surface area contributed by atoms with Gasteiger partial charge >= 0.3 is 6.09 Å². The molecule has 0 saturated carbocycles. The van der Waals surface area contributed by atoms with Crippen LogP contribution in [0.15, 0.2) is 30.5 Å². The molecular formula is C16H20ClN3O2. The lowest BCUT2D eigenvalue weighted by Gasteiger charge is -2.19. The third-order valence-corrected chi connectivity index (χ3v) is 3.15. The van der Waals surface area contributed by atoms with Gasteiger partial charge in [0.25, 0.3) is 0 Å². The summed E-state index contributed by atoms with van der Waals surface area (Å²) in [4.78, 5) is 15.9. The average Bonchev–Trinajstić information content (AvgIpc) is 2.44. The van der Waals surface area contributed by atoms with Gasteiger partial charge in [0.2, 0.25) is 0 Å². The van der Waals surface area contributed by atoms with Gasteiger partial charge in [-0.25, -0.2) is 4.79 Å². The second kappa shape index (κ2) is 6.83. The van der Waals surface area contributed by atoms with Gasteiger partial charge in [0.05, 0.1) is 16.2 Å². The number of pyridine rings is 1. The third kappa shape index (κ3) is 4.49. The molecule has 6 heteroatoms. The molecule has 0 unspecified atom stereocenters. The molecule has 2 rings (SSSR count). The van der Waals surface area contributed by atoms with Gasteiger partial charge < -0.3 is 15.4 Å². The number of fused-ring (bicyclic) bond motifs is 1. The van der Waals surface area contributed by atoms with Crippen molar-refractivity contribution in [1.29, 1.82) is 0 Å². The first kappa shape index (κ1) is 16.4. The summed E-state index contributed by atoms with van der Waals surface area (Å²) in [6.45, 7) is 6.50. The van der Waals surface area contributed by atoms with Crippen LogP contribution in [-0.4, -0.2) is 29.8 Å². The summed E-state index contributed by atoms with van der Waals surface area (Å²) in [5.74, 6) is 0.